The highest BCUT2D eigenvalue weighted by atomic mass is 32.3. The standard InChI is InChI=1S/C24H32F2N2O4S/c1-3-15-5-6-17-13-33(31,32)14-22(20(17)9-15)27-12-23(29)21(28-24(30)4-2)10-16-7-18(25)11-19(26)8-16/h5-9,11,21-23,27,29,31-32H,3-4,10,12-14H2,1-2H3,(H,28,30)/t21-,22-,23+/m0/s1. The first-order valence-electron chi connectivity index (χ1n) is 11.1. The number of nitrogens with one attached hydrogen (secondary N) is 2. The molecule has 1 aliphatic rings. The fraction of sp³-hybridized carbons (Fsp3) is 0.458. The summed E-state index contributed by atoms with van der Waals surface area (Å²) in [5, 5.41) is 16.8. The summed E-state index contributed by atoms with van der Waals surface area (Å²) in [4.78, 5) is 12.0. The Morgan fingerprint density at radius 2 is 1.82 bits per heavy atom. The summed E-state index contributed by atoms with van der Waals surface area (Å²) in [5.41, 5.74) is 3.27. The van der Waals surface area contributed by atoms with Crippen LogP contribution in [0.4, 0.5) is 8.78 Å². The molecule has 2 aromatic carbocycles. The van der Waals surface area contributed by atoms with Crippen LogP contribution >= 0.6 is 10.6 Å². The van der Waals surface area contributed by atoms with Gasteiger partial charge >= 0.3 is 0 Å². The average Bonchev–Trinajstić information content (AvgIpc) is 2.75. The number of amides is 1. The molecule has 2 aromatic rings. The monoisotopic (exact) mass is 482 g/mol. The molecule has 33 heavy (non-hydrogen) atoms. The summed E-state index contributed by atoms with van der Waals surface area (Å²) in [7, 11) is -2.81. The third kappa shape index (κ3) is 6.97. The average molecular weight is 483 g/mol. The van der Waals surface area contributed by atoms with Crippen LogP contribution in [0.15, 0.2) is 36.4 Å². The zero-order valence-electron chi connectivity index (χ0n) is 18.9. The van der Waals surface area contributed by atoms with Crippen LogP contribution in [0.2, 0.25) is 0 Å². The van der Waals surface area contributed by atoms with E-state index in [1.165, 1.54) is 12.1 Å². The molecular weight excluding hydrogens is 450 g/mol. The van der Waals surface area contributed by atoms with E-state index in [1.807, 2.05) is 25.1 Å². The largest absolute Gasteiger partial charge is 0.390 e. The van der Waals surface area contributed by atoms with Crippen molar-refractivity contribution in [2.45, 2.75) is 57.1 Å². The lowest BCUT2D eigenvalue weighted by Crippen LogP contribution is -2.49. The van der Waals surface area contributed by atoms with E-state index in [-0.39, 0.29) is 42.8 Å². The Hall–Kier alpha value is -2.04. The van der Waals surface area contributed by atoms with Crippen molar-refractivity contribution in [2.75, 3.05) is 12.3 Å². The molecule has 9 heteroatoms. The van der Waals surface area contributed by atoms with Gasteiger partial charge in [0.05, 0.1) is 29.7 Å². The quantitative estimate of drug-likeness (QED) is 0.373. The van der Waals surface area contributed by atoms with Crippen LogP contribution in [-0.4, -0.2) is 44.6 Å². The molecule has 0 fully saturated rings. The van der Waals surface area contributed by atoms with Gasteiger partial charge in [-0.1, -0.05) is 32.0 Å². The fourth-order valence-corrected chi connectivity index (χ4v) is 5.84. The first-order chi connectivity index (χ1) is 15.6. The molecule has 0 radical (unpaired) electrons. The number of fused-ring (bicyclic) bond motifs is 1. The van der Waals surface area contributed by atoms with Crippen LogP contribution in [0.25, 0.3) is 0 Å². The maximum atomic E-state index is 13.6. The van der Waals surface area contributed by atoms with Crippen LogP contribution < -0.4 is 10.6 Å². The van der Waals surface area contributed by atoms with Gasteiger partial charge in [-0.05, 0) is 47.2 Å². The normalized spacial score (nSPS) is 19.9. The van der Waals surface area contributed by atoms with Gasteiger partial charge in [0, 0.05) is 19.0 Å². The summed E-state index contributed by atoms with van der Waals surface area (Å²) >= 11 is 0. The lowest BCUT2D eigenvalue weighted by molar-refractivity contribution is -0.122. The maximum absolute atomic E-state index is 13.6. The Kier molecular flexibility index (Phi) is 8.47. The molecule has 1 amide bonds. The fourth-order valence-electron chi connectivity index (χ4n) is 4.13. The van der Waals surface area contributed by atoms with Gasteiger partial charge < -0.3 is 15.7 Å². The van der Waals surface area contributed by atoms with E-state index in [1.54, 1.807) is 6.92 Å². The second-order valence-electron chi connectivity index (χ2n) is 8.54. The molecule has 1 aliphatic heterocycles. The van der Waals surface area contributed by atoms with Crippen LogP contribution in [0.1, 0.15) is 48.6 Å². The van der Waals surface area contributed by atoms with Crippen LogP contribution in [0.3, 0.4) is 0 Å². The minimum Gasteiger partial charge on any atom is -0.390 e. The van der Waals surface area contributed by atoms with Crippen molar-refractivity contribution >= 4 is 16.5 Å². The Balaban J connectivity index is 1.76. The van der Waals surface area contributed by atoms with Gasteiger partial charge in [0.25, 0.3) is 0 Å². The number of carbonyl (C=O) groups excluding carboxylic acids is 1. The molecule has 0 aromatic heterocycles. The van der Waals surface area contributed by atoms with E-state index in [0.717, 1.165) is 29.2 Å². The second-order valence-corrected chi connectivity index (χ2v) is 10.8. The van der Waals surface area contributed by atoms with Crippen LogP contribution in [0, 0.1) is 11.6 Å². The van der Waals surface area contributed by atoms with Crippen molar-refractivity contribution < 1.29 is 27.8 Å². The topological polar surface area (TPSA) is 102 Å². The summed E-state index contributed by atoms with van der Waals surface area (Å²) in [6.45, 7) is 3.76. The van der Waals surface area contributed by atoms with Crippen molar-refractivity contribution in [1.82, 2.24) is 10.6 Å². The predicted molar refractivity (Wildman–Crippen MR) is 126 cm³/mol. The molecule has 0 aliphatic carbocycles. The molecule has 5 N–H and O–H groups in total. The Morgan fingerprint density at radius 1 is 1.12 bits per heavy atom. The van der Waals surface area contributed by atoms with Crippen LogP contribution in [-0.2, 0) is 23.4 Å². The first kappa shape index (κ1) is 25.6. The molecule has 0 saturated carbocycles. The number of halogens is 2. The lowest BCUT2D eigenvalue weighted by atomic mass is 9.97. The first-order valence-corrected chi connectivity index (χ1v) is 13.0. The SMILES string of the molecule is CCC(=O)N[C@@H](Cc1cc(F)cc(F)c1)[C@H](O)CN[C@H]1CS(O)(O)Cc2ccc(CC)cc21. The highest BCUT2D eigenvalue weighted by Gasteiger charge is 2.31. The zero-order valence-corrected chi connectivity index (χ0v) is 19.7. The van der Waals surface area contributed by atoms with Crippen molar-refractivity contribution in [3.05, 3.63) is 70.3 Å². The molecule has 6 nitrogen and oxygen atoms in total. The van der Waals surface area contributed by atoms with E-state index >= 15 is 0 Å². The number of aryl methyl sites for hydroxylation is 1. The van der Waals surface area contributed by atoms with Gasteiger partial charge in [-0.25, -0.2) is 8.78 Å². The zero-order chi connectivity index (χ0) is 24.2. The Labute approximate surface area is 194 Å². The minimum absolute atomic E-state index is 0.0414. The van der Waals surface area contributed by atoms with Gasteiger partial charge in [0.15, 0.2) is 0 Å². The van der Waals surface area contributed by atoms with Crippen molar-refractivity contribution in [3.63, 3.8) is 0 Å². The highest BCUT2D eigenvalue weighted by Crippen LogP contribution is 2.50. The number of hydrogen-bond acceptors (Lipinski definition) is 5. The lowest BCUT2D eigenvalue weighted by Gasteiger charge is -2.42. The Bertz CT molecular complexity index is 969. The molecule has 0 bridgehead atoms. The number of carbonyl (C=O) groups is 1. The van der Waals surface area contributed by atoms with Gasteiger partial charge in [0.1, 0.15) is 11.6 Å². The smallest absolute Gasteiger partial charge is 0.220 e. The number of aliphatic hydroxyl groups is 1. The predicted octanol–water partition coefficient (Wildman–Crippen LogP) is 3.92. The highest BCUT2D eigenvalue weighted by molar-refractivity contribution is 8.23. The molecule has 0 spiro atoms. The van der Waals surface area contributed by atoms with E-state index in [0.29, 0.717) is 5.56 Å². The molecule has 1 heterocycles. The Morgan fingerprint density at radius 3 is 2.45 bits per heavy atom. The van der Waals surface area contributed by atoms with Gasteiger partial charge in [-0.15, -0.1) is 0 Å². The minimum atomic E-state index is -2.81. The van der Waals surface area contributed by atoms with E-state index < -0.39 is 34.4 Å². The van der Waals surface area contributed by atoms with Crippen LogP contribution in [0.5, 0.6) is 0 Å². The van der Waals surface area contributed by atoms with Gasteiger partial charge in [-0.3, -0.25) is 13.9 Å². The van der Waals surface area contributed by atoms with Crippen molar-refractivity contribution in [1.29, 1.82) is 0 Å². The molecular formula is C24H32F2N2O4S. The van der Waals surface area contributed by atoms with Gasteiger partial charge in [-0.2, -0.15) is 10.6 Å². The van der Waals surface area contributed by atoms with E-state index in [9.17, 15) is 27.8 Å². The number of hydrogen-bond donors (Lipinski definition) is 5. The second kappa shape index (κ2) is 10.9. The third-order valence-electron chi connectivity index (χ3n) is 5.90. The molecule has 182 valence electrons. The number of rotatable bonds is 9. The number of benzene rings is 2. The maximum Gasteiger partial charge on any atom is 0.220 e. The molecule has 0 unspecified atom stereocenters. The third-order valence-corrected chi connectivity index (χ3v) is 7.54. The summed E-state index contributed by atoms with van der Waals surface area (Å²) in [6, 6.07) is 7.88. The summed E-state index contributed by atoms with van der Waals surface area (Å²) in [6.07, 6.45) is 0.00648. The van der Waals surface area contributed by atoms with Crippen molar-refractivity contribution in [3.8, 4) is 0 Å². The summed E-state index contributed by atoms with van der Waals surface area (Å²) in [5.74, 6) is -1.42. The van der Waals surface area contributed by atoms with E-state index in [2.05, 4.69) is 10.6 Å². The molecule has 0 saturated heterocycles. The number of aliphatic hydroxyl groups excluding tert-OH is 1. The molecule has 3 atom stereocenters. The van der Waals surface area contributed by atoms with Gasteiger partial charge in [0.2, 0.25) is 5.91 Å². The molecule has 3 rings (SSSR count). The summed E-state index contributed by atoms with van der Waals surface area (Å²) < 4.78 is 48.1. The van der Waals surface area contributed by atoms with E-state index in [4.69, 9.17) is 0 Å². The van der Waals surface area contributed by atoms with Crippen molar-refractivity contribution in [2.24, 2.45) is 0 Å².